The summed E-state index contributed by atoms with van der Waals surface area (Å²) in [6, 6.07) is 1.90. The molecule has 2 unspecified atom stereocenters. The number of hydrogen-bond donors (Lipinski definition) is 0. The Morgan fingerprint density at radius 1 is 1.40 bits per heavy atom. The molecule has 0 saturated heterocycles. The van der Waals surface area contributed by atoms with Crippen molar-refractivity contribution < 1.29 is 8.78 Å². The smallest absolute Gasteiger partial charge is 0.207 e. The lowest BCUT2D eigenvalue weighted by atomic mass is 9.95. The normalized spacial score (nSPS) is 16.5. The topological polar surface area (TPSA) is 0 Å². The van der Waals surface area contributed by atoms with E-state index < -0.39 is 17.2 Å². The third-order valence-electron chi connectivity index (χ3n) is 2.62. The van der Waals surface area contributed by atoms with Gasteiger partial charge in [-0.25, -0.2) is 8.78 Å². The average Bonchev–Trinajstić information content (AvgIpc) is 2.41. The summed E-state index contributed by atoms with van der Waals surface area (Å²) in [4.78, 5) is 2.14. The van der Waals surface area contributed by atoms with Crippen LogP contribution in [0.25, 0.3) is 0 Å². The maximum atomic E-state index is 13.1. The molecule has 0 fully saturated rings. The lowest BCUT2D eigenvalue weighted by molar-refractivity contribution is -0.0339. The standard InChI is InChI=1S/C11H15ClF2S/c1-6-5-9(8(3)15-6)10(12)7(2)11(4,13)14/h5,7,10H,1-4H3. The number of alkyl halides is 3. The van der Waals surface area contributed by atoms with Crippen LogP contribution in [0.2, 0.25) is 0 Å². The van der Waals surface area contributed by atoms with Gasteiger partial charge in [-0.15, -0.1) is 22.9 Å². The second-order valence-electron chi connectivity index (χ2n) is 4.02. The lowest BCUT2D eigenvalue weighted by Crippen LogP contribution is -2.25. The summed E-state index contributed by atoms with van der Waals surface area (Å²) < 4.78 is 26.2. The van der Waals surface area contributed by atoms with Crippen LogP contribution in [0.5, 0.6) is 0 Å². The summed E-state index contributed by atoms with van der Waals surface area (Å²) >= 11 is 7.68. The molecule has 1 heterocycles. The van der Waals surface area contributed by atoms with E-state index in [0.717, 1.165) is 22.2 Å². The summed E-state index contributed by atoms with van der Waals surface area (Å²) in [5.74, 6) is -3.60. The highest BCUT2D eigenvalue weighted by atomic mass is 35.5. The van der Waals surface area contributed by atoms with Crippen molar-refractivity contribution >= 4 is 22.9 Å². The van der Waals surface area contributed by atoms with Crippen molar-refractivity contribution in [3.8, 4) is 0 Å². The van der Waals surface area contributed by atoms with Crippen LogP contribution in [0.3, 0.4) is 0 Å². The number of halogens is 3. The van der Waals surface area contributed by atoms with Gasteiger partial charge >= 0.3 is 0 Å². The molecular weight excluding hydrogens is 238 g/mol. The van der Waals surface area contributed by atoms with Crippen LogP contribution in [0.1, 0.15) is 34.5 Å². The second kappa shape index (κ2) is 4.38. The van der Waals surface area contributed by atoms with Crippen LogP contribution < -0.4 is 0 Å². The molecule has 15 heavy (non-hydrogen) atoms. The highest BCUT2D eigenvalue weighted by molar-refractivity contribution is 7.12. The maximum absolute atomic E-state index is 13.1. The second-order valence-corrected chi connectivity index (χ2v) is 5.95. The first kappa shape index (κ1) is 12.9. The predicted octanol–water partition coefficient (Wildman–Crippen LogP) is 4.94. The number of rotatable bonds is 3. The SMILES string of the molecule is Cc1cc(C(Cl)C(C)C(C)(F)F)c(C)s1. The molecule has 0 bridgehead atoms. The van der Waals surface area contributed by atoms with Crippen LogP contribution >= 0.6 is 22.9 Å². The molecule has 0 aromatic carbocycles. The Morgan fingerprint density at radius 3 is 2.27 bits per heavy atom. The van der Waals surface area contributed by atoms with Gasteiger partial charge in [-0.3, -0.25) is 0 Å². The molecule has 2 atom stereocenters. The van der Waals surface area contributed by atoms with E-state index in [1.54, 1.807) is 11.3 Å². The summed E-state index contributed by atoms with van der Waals surface area (Å²) in [5, 5.41) is -0.616. The molecule has 86 valence electrons. The maximum Gasteiger partial charge on any atom is 0.249 e. The van der Waals surface area contributed by atoms with Gasteiger partial charge in [0.15, 0.2) is 0 Å². The third kappa shape index (κ3) is 2.91. The molecule has 0 N–H and O–H groups in total. The van der Waals surface area contributed by atoms with Crippen molar-refractivity contribution in [2.45, 2.75) is 39.0 Å². The van der Waals surface area contributed by atoms with E-state index in [4.69, 9.17) is 11.6 Å². The van der Waals surface area contributed by atoms with Gasteiger partial charge in [0.2, 0.25) is 5.92 Å². The van der Waals surface area contributed by atoms with Crippen LogP contribution in [0.15, 0.2) is 6.07 Å². The molecule has 0 spiro atoms. The molecule has 0 saturated carbocycles. The fourth-order valence-electron chi connectivity index (χ4n) is 1.45. The molecule has 4 heteroatoms. The molecule has 1 aromatic rings. The Labute approximate surface area is 98.3 Å². The summed E-state index contributed by atoms with van der Waals surface area (Å²) in [6.07, 6.45) is 0. The Morgan fingerprint density at radius 2 is 1.93 bits per heavy atom. The number of aryl methyl sites for hydroxylation is 2. The number of hydrogen-bond acceptors (Lipinski definition) is 1. The number of thiophene rings is 1. The quantitative estimate of drug-likeness (QED) is 0.669. The zero-order chi connectivity index (χ0) is 11.8. The minimum absolute atomic E-state index is 0.616. The molecular formula is C11H15ClF2S. The van der Waals surface area contributed by atoms with Gasteiger partial charge in [-0.2, -0.15) is 0 Å². The molecule has 1 rings (SSSR count). The van der Waals surface area contributed by atoms with Gasteiger partial charge in [0, 0.05) is 15.7 Å². The van der Waals surface area contributed by atoms with Crippen molar-refractivity contribution in [1.29, 1.82) is 0 Å². The summed E-state index contributed by atoms with van der Waals surface area (Å²) in [7, 11) is 0. The van der Waals surface area contributed by atoms with E-state index in [9.17, 15) is 8.78 Å². The summed E-state index contributed by atoms with van der Waals surface area (Å²) in [6.45, 7) is 6.29. The highest BCUT2D eigenvalue weighted by Gasteiger charge is 2.37. The van der Waals surface area contributed by atoms with Crippen molar-refractivity contribution in [3.05, 3.63) is 21.4 Å². The van der Waals surface area contributed by atoms with E-state index in [0.29, 0.717) is 0 Å². The first-order valence-electron chi connectivity index (χ1n) is 4.82. The van der Waals surface area contributed by atoms with Gasteiger partial charge in [0.1, 0.15) is 0 Å². The molecule has 0 aliphatic carbocycles. The predicted molar refractivity (Wildman–Crippen MR) is 62.2 cm³/mol. The molecule has 0 aliphatic rings. The Balaban J connectivity index is 2.94. The minimum Gasteiger partial charge on any atom is -0.207 e. The Kier molecular flexibility index (Phi) is 3.77. The fourth-order valence-corrected chi connectivity index (χ4v) is 2.94. The van der Waals surface area contributed by atoms with Crippen molar-refractivity contribution in [2.24, 2.45) is 5.92 Å². The van der Waals surface area contributed by atoms with Gasteiger partial charge in [-0.1, -0.05) is 6.92 Å². The fraction of sp³-hybridized carbons (Fsp3) is 0.636. The Bertz CT molecular complexity index is 341. The zero-order valence-electron chi connectivity index (χ0n) is 9.27. The van der Waals surface area contributed by atoms with Crippen LogP contribution in [-0.2, 0) is 0 Å². The first-order chi connectivity index (χ1) is 6.73. The summed E-state index contributed by atoms with van der Waals surface area (Å²) in [5.41, 5.74) is 0.841. The van der Waals surface area contributed by atoms with Crippen LogP contribution in [0.4, 0.5) is 8.78 Å². The molecule has 0 radical (unpaired) electrons. The van der Waals surface area contributed by atoms with E-state index >= 15 is 0 Å². The third-order valence-corrected chi connectivity index (χ3v) is 4.21. The van der Waals surface area contributed by atoms with Crippen molar-refractivity contribution in [2.75, 3.05) is 0 Å². The van der Waals surface area contributed by atoms with Gasteiger partial charge in [-0.05, 0) is 32.4 Å². The molecule has 0 nitrogen and oxygen atoms in total. The van der Waals surface area contributed by atoms with E-state index in [2.05, 4.69) is 0 Å². The molecule has 0 amide bonds. The van der Waals surface area contributed by atoms with Crippen molar-refractivity contribution in [1.82, 2.24) is 0 Å². The van der Waals surface area contributed by atoms with Crippen molar-refractivity contribution in [3.63, 3.8) is 0 Å². The Hall–Kier alpha value is -0.150. The van der Waals surface area contributed by atoms with E-state index in [-0.39, 0.29) is 0 Å². The lowest BCUT2D eigenvalue weighted by Gasteiger charge is -2.24. The van der Waals surface area contributed by atoms with E-state index in [1.165, 1.54) is 6.92 Å². The zero-order valence-corrected chi connectivity index (χ0v) is 10.8. The monoisotopic (exact) mass is 252 g/mol. The highest BCUT2D eigenvalue weighted by Crippen LogP contribution is 2.41. The van der Waals surface area contributed by atoms with Crippen LogP contribution in [-0.4, -0.2) is 5.92 Å². The van der Waals surface area contributed by atoms with E-state index in [1.807, 2.05) is 19.9 Å². The van der Waals surface area contributed by atoms with Gasteiger partial charge in [0.25, 0.3) is 0 Å². The minimum atomic E-state index is -2.74. The first-order valence-corrected chi connectivity index (χ1v) is 6.07. The van der Waals surface area contributed by atoms with Gasteiger partial charge in [0.05, 0.1) is 5.38 Å². The van der Waals surface area contributed by atoms with Crippen LogP contribution in [0, 0.1) is 19.8 Å². The van der Waals surface area contributed by atoms with Gasteiger partial charge < -0.3 is 0 Å². The molecule has 1 aromatic heterocycles. The molecule has 0 aliphatic heterocycles. The largest absolute Gasteiger partial charge is 0.249 e. The average molecular weight is 253 g/mol.